The minimum Gasteiger partial charge on any atom is -0.497 e. The zero-order valence-electron chi connectivity index (χ0n) is 16.9. The number of nitrogens with zero attached hydrogens (tertiary/aromatic N) is 1. The molecule has 1 fully saturated rings. The quantitative estimate of drug-likeness (QED) is 0.810. The zero-order valence-corrected chi connectivity index (χ0v) is 16.9. The number of anilines is 1. The van der Waals surface area contributed by atoms with E-state index in [1.807, 2.05) is 35.2 Å². The van der Waals surface area contributed by atoms with E-state index in [0.29, 0.717) is 19.4 Å². The Hall–Kier alpha value is -2.82. The van der Waals surface area contributed by atoms with Crippen molar-refractivity contribution < 1.29 is 14.3 Å². The lowest BCUT2D eigenvalue weighted by atomic mass is 9.81. The van der Waals surface area contributed by atoms with Gasteiger partial charge in [0.1, 0.15) is 5.75 Å². The maximum atomic E-state index is 12.5. The van der Waals surface area contributed by atoms with Gasteiger partial charge in [0.25, 0.3) is 0 Å². The van der Waals surface area contributed by atoms with Crippen LogP contribution in [0.15, 0.2) is 42.5 Å². The largest absolute Gasteiger partial charge is 0.497 e. The molecule has 29 heavy (non-hydrogen) atoms. The standard InChI is InChI=1S/C24H28N2O3/c1-29-21-11-12-22-18(14-21)4-2-5-19(22)15-23(27)25-16-17-7-9-20(10-8-17)26-13-3-6-24(26)28/h7-12,14,19H,2-6,13,15-16H2,1H3,(H,25,27). The first kappa shape index (κ1) is 19.5. The second-order valence-electron chi connectivity index (χ2n) is 7.95. The van der Waals surface area contributed by atoms with Gasteiger partial charge in [0.05, 0.1) is 7.11 Å². The van der Waals surface area contributed by atoms with Gasteiger partial charge in [-0.15, -0.1) is 0 Å². The van der Waals surface area contributed by atoms with Gasteiger partial charge in [0.2, 0.25) is 11.8 Å². The van der Waals surface area contributed by atoms with Crippen LogP contribution in [0.5, 0.6) is 5.75 Å². The van der Waals surface area contributed by atoms with E-state index in [2.05, 4.69) is 17.4 Å². The predicted octanol–water partition coefficient (Wildman–Crippen LogP) is 3.95. The van der Waals surface area contributed by atoms with Crippen LogP contribution in [0.1, 0.15) is 54.7 Å². The lowest BCUT2D eigenvalue weighted by Gasteiger charge is -2.25. The Labute approximate surface area is 172 Å². The number of hydrogen-bond donors (Lipinski definition) is 1. The fourth-order valence-corrected chi connectivity index (χ4v) is 4.44. The number of methoxy groups -OCH3 is 1. The van der Waals surface area contributed by atoms with Crippen molar-refractivity contribution >= 4 is 17.5 Å². The van der Waals surface area contributed by atoms with Gasteiger partial charge in [-0.05, 0) is 72.6 Å². The summed E-state index contributed by atoms with van der Waals surface area (Å²) in [5.41, 5.74) is 4.58. The number of amides is 2. The highest BCUT2D eigenvalue weighted by molar-refractivity contribution is 5.95. The summed E-state index contributed by atoms with van der Waals surface area (Å²) in [6.45, 7) is 1.30. The van der Waals surface area contributed by atoms with Crippen molar-refractivity contribution in [2.45, 2.75) is 51.0 Å². The first-order valence-electron chi connectivity index (χ1n) is 10.5. The molecule has 1 heterocycles. The zero-order chi connectivity index (χ0) is 20.2. The first-order valence-corrected chi connectivity index (χ1v) is 10.5. The van der Waals surface area contributed by atoms with E-state index in [0.717, 1.165) is 49.2 Å². The van der Waals surface area contributed by atoms with E-state index in [4.69, 9.17) is 4.74 Å². The summed E-state index contributed by atoms with van der Waals surface area (Å²) in [6, 6.07) is 14.1. The highest BCUT2D eigenvalue weighted by Crippen LogP contribution is 2.35. The maximum Gasteiger partial charge on any atom is 0.227 e. The molecular formula is C24H28N2O3. The number of benzene rings is 2. The molecule has 1 N–H and O–H groups in total. The van der Waals surface area contributed by atoms with Crippen molar-refractivity contribution in [1.29, 1.82) is 0 Å². The summed E-state index contributed by atoms with van der Waals surface area (Å²) in [5, 5.41) is 3.05. The third kappa shape index (κ3) is 4.44. The number of nitrogens with one attached hydrogen (secondary N) is 1. The monoisotopic (exact) mass is 392 g/mol. The van der Waals surface area contributed by atoms with Crippen LogP contribution in [-0.4, -0.2) is 25.5 Å². The highest BCUT2D eigenvalue weighted by atomic mass is 16.5. The van der Waals surface area contributed by atoms with Crippen LogP contribution in [0, 0.1) is 0 Å². The van der Waals surface area contributed by atoms with E-state index in [1.54, 1.807) is 7.11 Å². The molecule has 2 aliphatic rings. The van der Waals surface area contributed by atoms with E-state index < -0.39 is 0 Å². The number of rotatable bonds is 6. The van der Waals surface area contributed by atoms with Crippen LogP contribution in [0.4, 0.5) is 5.69 Å². The first-order chi connectivity index (χ1) is 14.1. The summed E-state index contributed by atoms with van der Waals surface area (Å²) in [4.78, 5) is 26.2. The Morgan fingerprint density at radius 3 is 2.69 bits per heavy atom. The van der Waals surface area contributed by atoms with Gasteiger partial charge in [0.15, 0.2) is 0 Å². The topological polar surface area (TPSA) is 58.6 Å². The molecule has 0 aromatic heterocycles. The molecule has 5 nitrogen and oxygen atoms in total. The number of carbonyl (C=O) groups excluding carboxylic acids is 2. The molecule has 0 saturated carbocycles. The van der Waals surface area contributed by atoms with Crippen molar-refractivity contribution in [2.75, 3.05) is 18.6 Å². The number of carbonyl (C=O) groups is 2. The molecule has 1 aliphatic carbocycles. The van der Waals surface area contributed by atoms with Crippen LogP contribution in [0.2, 0.25) is 0 Å². The summed E-state index contributed by atoms with van der Waals surface area (Å²) in [5.74, 6) is 1.43. The molecule has 2 aromatic rings. The molecule has 0 bridgehead atoms. The fraction of sp³-hybridized carbons (Fsp3) is 0.417. The van der Waals surface area contributed by atoms with Crippen LogP contribution in [0.25, 0.3) is 0 Å². The number of ether oxygens (including phenoxy) is 1. The molecular weight excluding hydrogens is 364 g/mol. The maximum absolute atomic E-state index is 12.5. The molecule has 0 radical (unpaired) electrons. The average molecular weight is 392 g/mol. The van der Waals surface area contributed by atoms with Gasteiger partial charge in [-0.1, -0.05) is 18.2 Å². The Morgan fingerprint density at radius 1 is 1.14 bits per heavy atom. The van der Waals surface area contributed by atoms with Gasteiger partial charge in [-0.2, -0.15) is 0 Å². The van der Waals surface area contributed by atoms with Crippen LogP contribution >= 0.6 is 0 Å². The Balaban J connectivity index is 1.32. The van der Waals surface area contributed by atoms with Crippen LogP contribution in [0.3, 0.4) is 0 Å². The molecule has 0 spiro atoms. The number of aryl methyl sites for hydroxylation is 1. The smallest absolute Gasteiger partial charge is 0.227 e. The Bertz CT molecular complexity index is 891. The van der Waals surface area contributed by atoms with Crippen molar-refractivity contribution in [3.8, 4) is 5.75 Å². The second-order valence-corrected chi connectivity index (χ2v) is 7.95. The summed E-state index contributed by atoms with van der Waals surface area (Å²) in [6.07, 6.45) is 5.28. The molecule has 1 unspecified atom stereocenters. The van der Waals surface area contributed by atoms with Crippen LogP contribution < -0.4 is 15.0 Å². The third-order valence-corrected chi connectivity index (χ3v) is 6.03. The minimum absolute atomic E-state index is 0.0810. The highest BCUT2D eigenvalue weighted by Gasteiger charge is 2.23. The van der Waals surface area contributed by atoms with Crippen LogP contribution in [-0.2, 0) is 22.6 Å². The van der Waals surface area contributed by atoms with Crippen molar-refractivity contribution in [2.24, 2.45) is 0 Å². The number of fused-ring (bicyclic) bond motifs is 1. The predicted molar refractivity (Wildman–Crippen MR) is 113 cm³/mol. The molecule has 1 saturated heterocycles. The molecule has 2 amide bonds. The van der Waals surface area contributed by atoms with E-state index in [1.165, 1.54) is 11.1 Å². The normalized spacial score (nSPS) is 18.4. The summed E-state index contributed by atoms with van der Waals surface area (Å²) >= 11 is 0. The molecule has 2 aromatic carbocycles. The lowest BCUT2D eigenvalue weighted by molar-refractivity contribution is -0.121. The van der Waals surface area contributed by atoms with Crippen molar-refractivity contribution in [1.82, 2.24) is 5.32 Å². The molecule has 4 rings (SSSR count). The fourth-order valence-electron chi connectivity index (χ4n) is 4.44. The molecule has 5 heteroatoms. The second kappa shape index (κ2) is 8.68. The van der Waals surface area contributed by atoms with E-state index >= 15 is 0 Å². The van der Waals surface area contributed by atoms with Gasteiger partial charge in [-0.25, -0.2) is 0 Å². The third-order valence-electron chi connectivity index (χ3n) is 6.03. The van der Waals surface area contributed by atoms with E-state index in [-0.39, 0.29) is 17.7 Å². The molecule has 1 atom stereocenters. The molecule has 1 aliphatic heterocycles. The van der Waals surface area contributed by atoms with Gasteiger partial charge in [-0.3, -0.25) is 9.59 Å². The summed E-state index contributed by atoms with van der Waals surface area (Å²) < 4.78 is 5.33. The number of hydrogen-bond acceptors (Lipinski definition) is 3. The Kier molecular flexibility index (Phi) is 5.84. The van der Waals surface area contributed by atoms with Crippen molar-refractivity contribution in [3.05, 3.63) is 59.2 Å². The summed E-state index contributed by atoms with van der Waals surface area (Å²) in [7, 11) is 1.69. The SMILES string of the molecule is COc1ccc2c(c1)CCCC2CC(=O)NCc1ccc(N2CCCC2=O)cc1. The Morgan fingerprint density at radius 2 is 1.97 bits per heavy atom. The van der Waals surface area contributed by atoms with Gasteiger partial charge >= 0.3 is 0 Å². The van der Waals surface area contributed by atoms with E-state index in [9.17, 15) is 9.59 Å². The minimum atomic E-state index is 0.0810. The lowest BCUT2D eigenvalue weighted by Crippen LogP contribution is -2.26. The average Bonchev–Trinajstić information content (AvgIpc) is 3.18. The van der Waals surface area contributed by atoms with Gasteiger partial charge < -0.3 is 15.0 Å². The van der Waals surface area contributed by atoms with Crippen molar-refractivity contribution in [3.63, 3.8) is 0 Å². The van der Waals surface area contributed by atoms with Gasteiger partial charge in [0, 0.05) is 31.6 Å². The molecule has 152 valence electrons.